The molecule has 0 saturated heterocycles. The van der Waals surface area contributed by atoms with Gasteiger partial charge in [0.1, 0.15) is 11.5 Å². The van der Waals surface area contributed by atoms with Gasteiger partial charge in [-0.2, -0.15) is 5.26 Å². The molecule has 0 aromatic heterocycles. The van der Waals surface area contributed by atoms with Crippen LogP contribution in [0.15, 0.2) is 70.9 Å². The maximum atomic E-state index is 9.27. The van der Waals surface area contributed by atoms with E-state index in [9.17, 15) is 5.26 Å². The lowest BCUT2D eigenvalue weighted by Crippen LogP contribution is -2.27. The Bertz CT molecular complexity index is 1030. The van der Waals surface area contributed by atoms with Crippen LogP contribution < -0.4 is 9.80 Å². The fraction of sp³-hybridized carbons (Fsp3) is 0.346. The first kappa shape index (κ1) is 21.5. The third-order valence-electron chi connectivity index (χ3n) is 5.64. The van der Waals surface area contributed by atoms with Crippen molar-refractivity contribution in [2.45, 2.75) is 41.5 Å². The number of hydrogen-bond donors (Lipinski definition) is 0. The number of rotatable bonds is 5. The third kappa shape index (κ3) is 4.21. The predicted molar refractivity (Wildman–Crippen MR) is 126 cm³/mol. The van der Waals surface area contributed by atoms with Gasteiger partial charge in [-0.3, -0.25) is 0 Å². The van der Waals surface area contributed by atoms with Gasteiger partial charge in [0.25, 0.3) is 0 Å². The van der Waals surface area contributed by atoms with Crippen LogP contribution in [0.4, 0.5) is 11.4 Å². The van der Waals surface area contributed by atoms with Gasteiger partial charge in [-0.1, -0.05) is 6.07 Å². The number of benzene rings is 1. The van der Waals surface area contributed by atoms with Gasteiger partial charge in [0, 0.05) is 48.2 Å². The van der Waals surface area contributed by atoms with E-state index in [0.29, 0.717) is 5.57 Å². The van der Waals surface area contributed by atoms with Crippen molar-refractivity contribution in [1.29, 1.82) is 5.26 Å². The third-order valence-corrected chi connectivity index (χ3v) is 5.64. The van der Waals surface area contributed by atoms with E-state index < -0.39 is 0 Å². The number of nitrogens with zero attached hydrogens (tertiary/aromatic N) is 3. The van der Waals surface area contributed by atoms with E-state index in [4.69, 9.17) is 4.74 Å². The molecule has 1 aromatic carbocycles. The zero-order chi connectivity index (χ0) is 21.8. The van der Waals surface area contributed by atoms with Crippen LogP contribution in [0.3, 0.4) is 0 Å². The molecule has 0 atom stereocenters. The minimum atomic E-state index is 0.686. The Hall–Kier alpha value is -3.19. The largest absolute Gasteiger partial charge is 0.462 e. The summed E-state index contributed by atoms with van der Waals surface area (Å²) in [6.07, 6.45) is 8.13. The van der Waals surface area contributed by atoms with Gasteiger partial charge in [-0.05, 0) is 83.0 Å². The molecule has 0 fully saturated rings. The number of hydrogen-bond acceptors (Lipinski definition) is 4. The second kappa shape index (κ2) is 9.09. The minimum Gasteiger partial charge on any atom is -0.462 e. The summed E-state index contributed by atoms with van der Waals surface area (Å²) in [6.45, 7) is 15.3. The highest BCUT2D eigenvalue weighted by atomic mass is 16.5. The second-order valence-electron chi connectivity index (χ2n) is 7.61. The van der Waals surface area contributed by atoms with Crippen molar-refractivity contribution in [3.05, 3.63) is 76.4 Å². The van der Waals surface area contributed by atoms with Gasteiger partial charge in [0.05, 0.1) is 11.8 Å². The molecule has 0 saturated carbocycles. The fourth-order valence-electron chi connectivity index (χ4n) is 4.01. The molecule has 2 heterocycles. The van der Waals surface area contributed by atoms with Crippen molar-refractivity contribution < 1.29 is 4.74 Å². The van der Waals surface area contributed by atoms with Crippen molar-refractivity contribution in [3.63, 3.8) is 0 Å². The quantitative estimate of drug-likeness (QED) is 0.541. The molecule has 0 unspecified atom stereocenters. The Kier molecular flexibility index (Phi) is 6.52. The predicted octanol–water partition coefficient (Wildman–Crippen LogP) is 6.32. The van der Waals surface area contributed by atoms with Crippen molar-refractivity contribution in [2.24, 2.45) is 0 Å². The normalized spacial score (nSPS) is 18.6. The Labute approximate surface area is 180 Å². The van der Waals surface area contributed by atoms with E-state index >= 15 is 0 Å². The van der Waals surface area contributed by atoms with Crippen molar-refractivity contribution in [3.8, 4) is 6.07 Å². The topological polar surface area (TPSA) is 39.5 Å². The van der Waals surface area contributed by atoms with Crippen LogP contribution in [0.1, 0.15) is 47.1 Å². The molecule has 0 N–H and O–H groups in total. The monoisotopic (exact) mass is 401 g/mol. The number of fused-ring (bicyclic) bond motifs is 1. The first-order valence-electron chi connectivity index (χ1n) is 10.7. The number of nitriles is 1. The summed E-state index contributed by atoms with van der Waals surface area (Å²) in [6, 6.07) is 8.98. The highest BCUT2D eigenvalue weighted by Crippen LogP contribution is 2.39. The molecule has 4 heteroatoms. The lowest BCUT2D eigenvalue weighted by Gasteiger charge is -2.33. The average Bonchev–Trinajstić information content (AvgIpc) is 2.73. The van der Waals surface area contributed by atoms with Gasteiger partial charge in [-0.15, -0.1) is 0 Å². The summed E-state index contributed by atoms with van der Waals surface area (Å²) in [7, 11) is 0. The van der Waals surface area contributed by atoms with E-state index in [1.54, 1.807) is 0 Å². The fourth-order valence-corrected chi connectivity index (χ4v) is 4.01. The number of allylic oxidation sites excluding steroid dienone is 8. The van der Waals surface area contributed by atoms with Gasteiger partial charge < -0.3 is 14.5 Å². The molecule has 0 bridgehead atoms. The summed E-state index contributed by atoms with van der Waals surface area (Å²) < 4.78 is 5.96. The Balaban J connectivity index is 2.07. The molecule has 0 radical (unpaired) electrons. The molecule has 4 nitrogen and oxygen atoms in total. The van der Waals surface area contributed by atoms with Crippen LogP contribution in [0, 0.1) is 11.3 Å². The first-order valence-corrected chi connectivity index (χ1v) is 10.7. The summed E-state index contributed by atoms with van der Waals surface area (Å²) in [5, 5.41) is 9.27. The number of anilines is 2. The number of ether oxygens (including phenoxy) is 1. The van der Waals surface area contributed by atoms with E-state index in [1.807, 2.05) is 26.0 Å². The summed E-state index contributed by atoms with van der Waals surface area (Å²) in [5.41, 5.74) is 7.64. The standard InChI is InChI=1S/C26H31N3O/c1-7-28(8-2)22-10-11-25-18(4)12-23(29(9-3)26(25)16-22)15-24-14-21(19(5)17-27)13-20(6)30-24/h10-16H,7-9H2,1-6H3/b21-19-,23-15+. The maximum Gasteiger partial charge on any atom is 0.129 e. The van der Waals surface area contributed by atoms with Crippen LogP contribution in [0.25, 0.3) is 5.57 Å². The van der Waals surface area contributed by atoms with Crippen LogP contribution in [0.2, 0.25) is 0 Å². The molecule has 0 aliphatic carbocycles. The molecular formula is C26H31N3O. The summed E-state index contributed by atoms with van der Waals surface area (Å²) >= 11 is 0. The molecule has 0 spiro atoms. The minimum absolute atomic E-state index is 0.686. The Morgan fingerprint density at radius 3 is 2.50 bits per heavy atom. The molecule has 2 aliphatic rings. The van der Waals surface area contributed by atoms with E-state index in [2.05, 4.69) is 73.9 Å². The Morgan fingerprint density at radius 2 is 1.87 bits per heavy atom. The molecule has 3 rings (SSSR count). The molecule has 0 amide bonds. The van der Waals surface area contributed by atoms with Crippen LogP contribution in [-0.4, -0.2) is 19.6 Å². The number of likely N-dealkylation sites (N-methyl/N-ethyl adjacent to an activating group) is 1. The van der Waals surface area contributed by atoms with Crippen molar-refractivity contribution in [1.82, 2.24) is 0 Å². The van der Waals surface area contributed by atoms with Crippen LogP contribution in [-0.2, 0) is 4.74 Å². The van der Waals surface area contributed by atoms with Crippen molar-refractivity contribution in [2.75, 3.05) is 29.4 Å². The SMILES string of the molecule is CCN(CC)c1ccc2c(c1)N(CC)/C(=C/C1=CC(=C(/C)C#N)/C=C(C)O1)C=C2C. The zero-order valence-electron chi connectivity index (χ0n) is 18.9. The maximum absolute atomic E-state index is 9.27. The molecule has 156 valence electrons. The zero-order valence-corrected chi connectivity index (χ0v) is 18.9. The first-order chi connectivity index (χ1) is 14.4. The van der Waals surface area contributed by atoms with Crippen LogP contribution >= 0.6 is 0 Å². The van der Waals surface area contributed by atoms with E-state index in [0.717, 1.165) is 42.4 Å². The lowest BCUT2D eigenvalue weighted by molar-refractivity contribution is 0.317. The van der Waals surface area contributed by atoms with Crippen LogP contribution in [0.5, 0.6) is 0 Å². The lowest BCUT2D eigenvalue weighted by atomic mass is 9.97. The second-order valence-corrected chi connectivity index (χ2v) is 7.61. The van der Waals surface area contributed by atoms with Gasteiger partial charge >= 0.3 is 0 Å². The highest BCUT2D eigenvalue weighted by Gasteiger charge is 2.22. The molecule has 1 aromatic rings. The van der Waals surface area contributed by atoms with Gasteiger partial charge in [0.2, 0.25) is 0 Å². The molecule has 30 heavy (non-hydrogen) atoms. The highest BCUT2D eigenvalue weighted by molar-refractivity contribution is 5.85. The molecular weight excluding hydrogens is 370 g/mol. The van der Waals surface area contributed by atoms with Gasteiger partial charge in [-0.25, -0.2) is 0 Å². The molecule has 2 aliphatic heterocycles. The van der Waals surface area contributed by atoms with Crippen molar-refractivity contribution >= 4 is 16.9 Å². The average molecular weight is 402 g/mol. The Morgan fingerprint density at radius 1 is 1.13 bits per heavy atom. The summed E-state index contributed by atoms with van der Waals surface area (Å²) in [5.74, 6) is 1.54. The van der Waals surface area contributed by atoms with Gasteiger partial charge in [0.15, 0.2) is 0 Å². The smallest absolute Gasteiger partial charge is 0.129 e. The van der Waals surface area contributed by atoms with E-state index in [1.165, 1.54) is 22.5 Å². The van der Waals surface area contributed by atoms with E-state index in [-0.39, 0.29) is 0 Å². The summed E-state index contributed by atoms with van der Waals surface area (Å²) in [4.78, 5) is 4.70.